The Kier molecular flexibility index (Phi) is 4.13. The summed E-state index contributed by atoms with van der Waals surface area (Å²) in [6, 6.07) is 5.83. The monoisotopic (exact) mass is 271 g/mol. The van der Waals surface area contributed by atoms with E-state index in [0.29, 0.717) is 10.0 Å². The van der Waals surface area contributed by atoms with Crippen molar-refractivity contribution in [3.63, 3.8) is 0 Å². The molecule has 2 rings (SSSR count). The van der Waals surface area contributed by atoms with Gasteiger partial charge in [-0.15, -0.1) is 0 Å². The van der Waals surface area contributed by atoms with Crippen molar-refractivity contribution in [1.82, 2.24) is 10.6 Å². The molecule has 1 unspecified atom stereocenters. The average molecular weight is 272 g/mol. The van der Waals surface area contributed by atoms with Crippen molar-refractivity contribution in [2.75, 3.05) is 13.1 Å². The highest BCUT2D eigenvalue weighted by molar-refractivity contribution is 6.42. The molecule has 1 heterocycles. The summed E-state index contributed by atoms with van der Waals surface area (Å²) in [7, 11) is 0. The summed E-state index contributed by atoms with van der Waals surface area (Å²) >= 11 is 12.2. The molecule has 0 fully saturated rings. The molecule has 92 valence electrons. The van der Waals surface area contributed by atoms with Gasteiger partial charge in [0.1, 0.15) is 0 Å². The summed E-state index contributed by atoms with van der Waals surface area (Å²) in [5, 5.41) is 7.74. The zero-order chi connectivity index (χ0) is 12.3. The second-order valence-electron chi connectivity index (χ2n) is 3.91. The fraction of sp³-hybridized carbons (Fsp3) is 0.417. The van der Waals surface area contributed by atoms with Crippen molar-refractivity contribution in [2.24, 2.45) is 4.99 Å². The maximum Gasteiger partial charge on any atom is 0.191 e. The van der Waals surface area contributed by atoms with Gasteiger partial charge in [0.2, 0.25) is 0 Å². The van der Waals surface area contributed by atoms with Crippen molar-refractivity contribution < 1.29 is 0 Å². The van der Waals surface area contributed by atoms with Crippen LogP contribution in [0.2, 0.25) is 10.0 Å². The number of guanidine groups is 1. The van der Waals surface area contributed by atoms with Gasteiger partial charge in [-0.1, -0.05) is 42.3 Å². The van der Waals surface area contributed by atoms with E-state index in [9.17, 15) is 0 Å². The first kappa shape index (κ1) is 12.5. The predicted octanol–water partition coefficient (Wildman–Crippen LogP) is 2.99. The van der Waals surface area contributed by atoms with E-state index in [1.54, 1.807) is 6.07 Å². The van der Waals surface area contributed by atoms with Gasteiger partial charge < -0.3 is 10.6 Å². The first-order valence-electron chi connectivity index (χ1n) is 5.71. The van der Waals surface area contributed by atoms with Crippen molar-refractivity contribution in [1.29, 1.82) is 0 Å². The Morgan fingerprint density at radius 2 is 2.29 bits per heavy atom. The van der Waals surface area contributed by atoms with Gasteiger partial charge in [0.15, 0.2) is 5.96 Å². The van der Waals surface area contributed by atoms with Crippen molar-refractivity contribution in [2.45, 2.75) is 19.4 Å². The van der Waals surface area contributed by atoms with Gasteiger partial charge in [-0.2, -0.15) is 0 Å². The van der Waals surface area contributed by atoms with Crippen LogP contribution in [0.5, 0.6) is 0 Å². The molecule has 0 amide bonds. The van der Waals surface area contributed by atoms with Crippen molar-refractivity contribution in [3.05, 3.63) is 33.8 Å². The van der Waals surface area contributed by atoms with E-state index in [-0.39, 0.29) is 6.04 Å². The standard InChI is InChI=1S/C12H15Cl2N3/c1-2-10(17-12-15-6-7-16-12)8-4-3-5-9(13)11(8)14/h3-5,10H,2,6-7H2,1H3,(H2,15,16,17). The molecule has 0 aromatic heterocycles. The third-order valence-electron chi connectivity index (χ3n) is 2.75. The maximum atomic E-state index is 6.22. The minimum Gasteiger partial charge on any atom is -0.355 e. The Morgan fingerprint density at radius 3 is 2.94 bits per heavy atom. The van der Waals surface area contributed by atoms with Gasteiger partial charge in [0.05, 0.1) is 22.6 Å². The number of nitrogens with zero attached hydrogens (tertiary/aromatic N) is 1. The van der Waals surface area contributed by atoms with E-state index in [2.05, 4.69) is 22.5 Å². The quantitative estimate of drug-likeness (QED) is 0.887. The summed E-state index contributed by atoms with van der Waals surface area (Å²) in [5.41, 5.74) is 1.01. The smallest absolute Gasteiger partial charge is 0.191 e. The van der Waals surface area contributed by atoms with Crippen molar-refractivity contribution >= 4 is 29.2 Å². The predicted molar refractivity (Wildman–Crippen MR) is 72.9 cm³/mol. The lowest BCUT2D eigenvalue weighted by atomic mass is 10.0. The fourth-order valence-corrected chi connectivity index (χ4v) is 2.29. The van der Waals surface area contributed by atoms with Crippen LogP contribution in [0.25, 0.3) is 0 Å². The maximum absolute atomic E-state index is 6.22. The number of nitrogens with one attached hydrogen (secondary N) is 2. The molecule has 5 heteroatoms. The summed E-state index contributed by atoms with van der Waals surface area (Å²) < 4.78 is 0. The number of halogens is 2. The molecule has 2 N–H and O–H groups in total. The van der Waals surface area contributed by atoms with Crippen LogP contribution in [0, 0.1) is 0 Å². The normalized spacial score (nSPS) is 16.3. The second-order valence-corrected chi connectivity index (χ2v) is 4.69. The van der Waals surface area contributed by atoms with Crippen molar-refractivity contribution in [3.8, 4) is 0 Å². The topological polar surface area (TPSA) is 36.4 Å². The molecule has 1 aliphatic heterocycles. The molecule has 0 aliphatic carbocycles. The van der Waals surface area contributed by atoms with Crippen LogP contribution < -0.4 is 10.6 Å². The van der Waals surface area contributed by atoms with Crippen LogP contribution in [0.15, 0.2) is 23.2 Å². The minimum atomic E-state index is 0.130. The molecule has 1 atom stereocenters. The SMILES string of the molecule is CCC(NC1=NCCN1)c1cccc(Cl)c1Cl. The average Bonchev–Trinajstić information content (AvgIpc) is 2.83. The van der Waals surface area contributed by atoms with Crippen LogP contribution in [0.1, 0.15) is 24.9 Å². The van der Waals surface area contributed by atoms with E-state index in [1.165, 1.54) is 0 Å². The summed E-state index contributed by atoms with van der Waals surface area (Å²) in [6.07, 6.45) is 0.917. The summed E-state index contributed by atoms with van der Waals surface area (Å²) in [4.78, 5) is 4.32. The Hall–Kier alpha value is -0.930. The molecule has 17 heavy (non-hydrogen) atoms. The molecule has 3 nitrogen and oxygen atoms in total. The van der Waals surface area contributed by atoms with Gasteiger partial charge in [-0.05, 0) is 18.1 Å². The Morgan fingerprint density at radius 1 is 1.47 bits per heavy atom. The van der Waals surface area contributed by atoms with E-state index in [1.807, 2.05) is 12.1 Å². The Bertz CT molecular complexity index is 432. The largest absolute Gasteiger partial charge is 0.355 e. The zero-order valence-electron chi connectivity index (χ0n) is 9.63. The highest BCUT2D eigenvalue weighted by atomic mass is 35.5. The molecule has 1 aromatic carbocycles. The zero-order valence-corrected chi connectivity index (χ0v) is 11.1. The first-order valence-corrected chi connectivity index (χ1v) is 6.46. The molecule has 0 radical (unpaired) electrons. The molecular formula is C12H15Cl2N3. The lowest BCUT2D eigenvalue weighted by Crippen LogP contribution is -2.36. The number of aliphatic imine (C=N–C) groups is 1. The van der Waals surface area contributed by atoms with Crippen LogP contribution >= 0.6 is 23.2 Å². The third-order valence-corrected chi connectivity index (χ3v) is 3.58. The second kappa shape index (κ2) is 5.61. The van der Waals surface area contributed by atoms with Gasteiger partial charge >= 0.3 is 0 Å². The Labute approximate surface area is 111 Å². The van der Waals surface area contributed by atoms with Gasteiger partial charge in [0, 0.05) is 6.54 Å². The molecule has 0 spiro atoms. The summed E-state index contributed by atoms with van der Waals surface area (Å²) in [5.74, 6) is 0.841. The molecule has 1 aliphatic rings. The molecule has 1 aromatic rings. The van der Waals surface area contributed by atoms with E-state index < -0.39 is 0 Å². The Balaban J connectivity index is 2.19. The van der Waals surface area contributed by atoms with Crippen LogP contribution in [0.4, 0.5) is 0 Å². The highest BCUT2D eigenvalue weighted by Crippen LogP contribution is 2.31. The van der Waals surface area contributed by atoms with E-state index in [0.717, 1.165) is 31.0 Å². The lowest BCUT2D eigenvalue weighted by molar-refractivity contribution is 0.617. The number of benzene rings is 1. The lowest BCUT2D eigenvalue weighted by Gasteiger charge is -2.20. The number of rotatable bonds is 3. The van der Waals surface area contributed by atoms with Gasteiger partial charge in [-0.3, -0.25) is 4.99 Å². The number of hydrogen-bond acceptors (Lipinski definition) is 3. The molecule has 0 saturated heterocycles. The minimum absolute atomic E-state index is 0.130. The van der Waals surface area contributed by atoms with E-state index in [4.69, 9.17) is 23.2 Å². The highest BCUT2D eigenvalue weighted by Gasteiger charge is 2.17. The summed E-state index contributed by atoms with van der Waals surface area (Å²) in [6.45, 7) is 3.81. The van der Waals surface area contributed by atoms with E-state index >= 15 is 0 Å². The number of hydrogen-bond donors (Lipinski definition) is 2. The fourth-order valence-electron chi connectivity index (χ4n) is 1.85. The van der Waals surface area contributed by atoms with Crippen LogP contribution in [-0.4, -0.2) is 19.0 Å². The molecule has 0 bridgehead atoms. The van der Waals surface area contributed by atoms with Crippen LogP contribution in [-0.2, 0) is 0 Å². The van der Waals surface area contributed by atoms with Gasteiger partial charge in [-0.25, -0.2) is 0 Å². The third kappa shape index (κ3) is 2.85. The molecular weight excluding hydrogens is 257 g/mol. The first-order chi connectivity index (χ1) is 8.22. The molecule has 0 saturated carbocycles. The van der Waals surface area contributed by atoms with Crippen LogP contribution in [0.3, 0.4) is 0 Å². The van der Waals surface area contributed by atoms with Gasteiger partial charge in [0.25, 0.3) is 0 Å².